The molecule has 0 saturated carbocycles. The number of hydrogen-bond acceptors (Lipinski definition) is 4. The van der Waals surface area contributed by atoms with Crippen LogP contribution in [0.4, 0.5) is 5.69 Å². The van der Waals surface area contributed by atoms with E-state index in [2.05, 4.69) is 19.0 Å². The summed E-state index contributed by atoms with van der Waals surface area (Å²) in [5.41, 5.74) is 6.97. The van der Waals surface area contributed by atoms with E-state index in [-0.39, 0.29) is 5.91 Å². The van der Waals surface area contributed by atoms with E-state index in [1.54, 1.807) is 25.3 Å². The van der Waals surface area contributed by atoms with Crippen LogP contribution in [0.15, 0.2) is 18.2 Å². The van der Waals surface area contributed by atoms with Crippen molar-refractivity contribution < 1.29 is 9.53 Å². The monoisotopic (exact) mass is 277 g/mol. The van der Waals surface area contributed by atoms with Crippen molar-refractivity contribution in [2.45, 2.75) is 18.9 Å². The predicted octanol–water partition coefficient (Wildman–Crippen LogP) is 1.44. The van der Waals surface area contributed by atoms with E-state index in [9.17, 15) is 4.79 Å². The number of methoxy groups -OCH3 is 1. The molecule has 2 rings (SSSR count). The minimum atomic E-state index is -0.00653. The van der Waals surface area contributed by atoms with Crippen LogP contribution in [0.25, 0.3) is 0 Å². The fourth-order valence-electron chi connectivity index (χ4n) is 2.58. The Bertz CT molecular complexity index is 488. The zero-order valence-electron chi connectivity index (χ0n) is 12.4. The Kier molecular flexibility index (Phi) is 4.49. The molecule has 1 saturated heterocycles. The first kappa shape index (κ1) is 14.7. The molecule has 5 nitrogen and oxygen atoms in total. The highest BCUT2D eigenvalue weighted by atomic mass is 16.5. The second-order valence-electron chi connectivity index (χ2n) is 5.46. The number of piperidine rings is 1. The summed E-state index contributed by atoms with van der Waals surface area (Å²) in [7, 11) is 5.69. The van der Waals surface area contributed by atoms with Gasteiger partial charge in [0.15, 0.2) is 0 Å². The highest BCUT2D eigenvalue weighted by Crippen LogP contribution is 2.23. The van der Waals surface area contributed by atoms with Gasteiger partial charge in [0, 0.05) is 24.8 Å². The second-order valence-corrected chi connectivity index (χ2v) is 5.46. The van der Waals surface area contributed by atoms with Gasteiger partial charge in [-0.2, -0.15) is 0 Å². The van der Waals surface area contributed by atoms with Crippen molar-refractivity contribution in [1.82, 2.24) is 9.80 Å². The van der Waals surface area contributed by atoms with Gasteiger partial charge in [0.2, 0.25) is 0 Å². The fraction of sp³-hybridized carbons (Fsp3) is 0.533. The van der Waals surface area contributed by atoms with Crippen LogP contribution in [0, 0.1) is 0 Å². The Morgan fingerprint density at radius 2 is 2.20 bits per heavy atom. The van der Waals surface area contributed by atoms with Gasteiger partial charge in [-0.1, -0.05) is 0 Å². The van der Waals surface area contributed by atoms with Gasteiger partial charge in [-0.15, -0.1) is 0 Å². The highest BCUT2D eigenvalue weighted by Gasteiger charge is 2.26. The maximum Gasteiger partial charge on any atom is 0.256 e. The van der Waals surface area contributed by atoms with Crippen LogP contribution in [-0.4, -0.2) is 56.0 Å². The molecule has 1 aromatic carbocycles. The van der Waals surface area contributed by atoms with Gasteiger partial charge in [0.1, 0.15) is 5.75 Å². The van der Waals surface area contributed by atoms with Gasteiger partial charge in [-0.05, 0) is 45.1 Å². The summed E-state index contributed by atoms with van der Waals surface area (Å²) in [6, 6.07) is 5.63. The molecular formula is C15H23N3O2. The lowest BCUT2D eigenvalue weighted by molar-refractivity contribution is 0.0636. The third-order valence-electron chi connectivity index (χ3n) is 3.90. The molecule has 0 aliphatic carbocycles. The molecule has 1 aliphatic rings. The summed E-state index contributed by atoms with van der Waals surface area (Å²) in [5, 5.41) is 0. The number of nitrogens with zero attached hydrogens (tertiary/aromatic N) is 2. The average Bonchev–Trinajstić information content (AvgIpc) is 2.47. The lowest BCUT2D eigenvalue weighted by Crippen LogP contribution is -2.47. The summed E-state index contributed by atoms with van der Waals surface area (Å²) in [4.78, 5) is 16.7. The lowest BCUT2D eigenvalue weighted by atomic mass is 10.0. The Morgan fingerprint density at radius 1 is 1.45 bits per heavy atom. The molecule has 0 radical (unpaired) electrons. The van der Waals surface area contributed by atoms with E-state index in [0.717, 1.165) is 25.9 Å². The largest absolute Gasteiger partial charge is 0.497 e. The normalized spacial score (nSPS) is 19.2. The standard InChI is InChI=1S/C15H23N3O2/c1-17(2)11-5-4-8-18(10-11)15(19)13-9-12(20-3)6-7-14(13)16/h6-7,9,11H,4-5,8,10,16H2,1-3H3. The number of anilines is 1. The molecule has 1 heterocycles. The third-order valence-corrected chi connectivity index (χ3v) is 3.90. The number of nitrogens with two attached hydrogens (primary N) is 1. The lowest BCUT2D eigenvalue weighted by Gasteiger charge is -2.36. The first-order chi connectivity index (χ1) is 9.52. The molecule has 1 unspecified atom stereocenters. The topological polar surface area (TPSA) is 58.8 Å². The van der Waals surface area contributed by atoms with Crippen molar-refractivity contribution in [3.05, 3.63) is 23.8 Å². The molecule has 2 N–H and O–H groups in total. The Morgan fingerprint density at radius 3 is 2.85 bits per heavy atom. The molecule has 1 aromatic rings. The van der Waals surface area contributed by atoms with Crippen LogP contribution < -0.4 is 10.5 Å². The van der Waals surface area contributed by atoms with Gasteiger partial charge in [0.25, 0.3) is 5.91 Å². The molecule has 1 fully saturated rings. The number of hydrogen-bond donors (Lipinski definition) is 1. The first-order valence-electron chi connectivity index (χ1n) is 6.92. The van der Waals surface area contributed by atoms with Crippen molar-refractivity contribution >= 4 is 11.6 Å². The van der Waals surface area contributed by atoms with E-state index in [1.807, 2.05) is 4.90 Å². The van der Waals surface area contributed by atoms with Crippen LogP contribution in [0.2, 0.25) is 0 Å². The van der Waals surface area contributed by atoms with Gasteiger partial charge in [0.05, 0.1) is 12.7 Å². The van der Waals surface area contributed by atoms with Gasteiger partial charge < -0.3 is 20.3 Å². The fourth-order valence-corrected chi connectivity index (χ4v) is 2.58. The number of rotatable bonds is 3. The number of benzene rings is 1. The van der Waals surface area contributed by atoms with Crippen molar-refractivity contribution in [3.8, 4) is 5.75 Å². The maximum atomic E-state index is 12.6. The highest BCUT2D eigenvalue weighted by molar-refractivity contribution is 5.99. The van der Waals surface area contributed by atoms with Crippen molar-refractivity contribution in [2.24, 2.45) is 0 Å². The number of carbonyl (C=O) groups is 1. The van der Waals surface area contributed by atoms with E-state index in [0.29, 0.717) is 23.0 Å². The summed E-state index contributed by atoms with van der Waals surface area (Å²) in [6.07, 6.45) is 2.16. The number of nitrogen functional groups attached to an aromatic ring is 1. The van der Waals surface area contributed by atoms with E-state index in [1.165, 1.54) is 0 Å². The maximum absolute atomic E-state index is 12.6. The molecule has 0 bridgehead atoms. The third kappa shape index (κ3) is 3.04. The number of likely N-dealkylation sites (tertiary alicyclic amines) is 1. The molecule has 0 aromatic heterocycles. The van der Waals surface area contributed by atoms with Gasteiger partial charge >= 0.3 is 0 Å². The van der Waals surface area contributed by atoms with Crippen LogP contribution in [-0.2, 0) is 0 Å². The Hall–Kier alpha value is -1.75. The van der Waals surface area contributed by atoms with E-state index in [4.69, 9.17) is 10.5 Å². The Labute approximate surface area is 120 Å². The van der Waals surface area contributed by atoms with Gasteiger partial charge in [-0.3, -0.25) is 4.79 Å². The van der Waals surface area contributed by atoms with Crippen LogP contribution in [0.1, 0.15) is 23.2 Å². The van der Waals surface area contributed by atoms with Crippen molar-refractivity contribution in [3.63, 3.8) is 0 Å². The average molecular weight is 277 g/mol. The predicted molar refractivity (Wildman–Crippen MR) is 80.0 cm³/mol. The quantitative estimate of drug-likeness (QED) is 0.849. The van der Waals surface area contributed by atoms with E-state index < -0.39 is 0 Å². The van der Waals surface area contributed by atoms with Crippen LogP contribution in [0.3, 0.4) is 0 Å². The molecule has 1 amide bonds. The number of amides is 1. The molecule has 1 atom stereocenters. The number of likely N-dealkylation sites (N-methyl/N-ethyl adjacent to an activating group) is 1. The SMILES string of the molecule is COc1ccc(N)c(C(=O)N2CCCC(N(C)C)C2)c1. The van der Waals surface area contributed by atoms with E-state index >= 15 is 0 Å². The summed E-state index contributed by atoms with van der Waals surface area (Å²) in [6.45, 7) is 1.54. The van der Waals surface area contributed by atoms with Crippen molar-refractivity contribution in [1.29, 1.82) is 0 Å². The minimum absolute atomic E-state index is 0.00653. The zero-order chi connectivity index (χ0) is 14.7. The first-order valence-corrected chi connectivity index (χ1v) is 6.92. The minimum Gasteiger partial charge on any atom is -0.497 e. The van der Waals surface area contributed by atoms with Crippen molar-refractivity contribution in [2.75, 3.05) is 40.0 Å². The summed E-state index contributed by atoms with van der Waals surface area (Å²) < 4.78 is 5.17. The number of carbonyl (C=O) groups excluding carboxylic acids is 1. The molecular weight excluding hydrogens is 254 g/mol. The van der Waals surface area contributed by atoms with Crippen LogP contribution >= 0.6 is 0 Å². The second kappa shape index (κ2) is 6.13. The summed E-state index contributed by atoms with van der Waals surface area (Å²) in [5.74, 6) is 0.650. The summed E-state index contributed by atoms with van der Waals surface area (Å²) >= 11 is 0. The molecule has 5 heteroatoms. The Balaban J connectivity index is 2.18. The number of ether oxygens (including phenoxy) is 1. The molecule has 110 valence electrons. The van der Waals surface area contributed by atoms with Gasteiger partial charge in [-0.25, -0.2) is 0 Å². The molecule has 1 aliphatic heterocycles. The zero-order valence-corrected chi connectivity index (χ0v) is 12.4. The van der Waals surface area contributed by atoms with Crippen LogP contribution in [0.5, 0.6) is 5.75 Å². The smallest absolute Gasteiger partial charge is 0.256 e. The molecule has 0 spiro atoms. The molecule has 20 heavy (non-hydrogen) atoms.